The van der Waals surface area contributed by atoms with Crippen molar-refractivity contribution in [1.29, 1.82) is 5.26 Å². The lowest BCUT2D eigenvalue weighted by Crippen LogP contribution is -2.10. The number of rotatable bonds is 14. The summed E-state index contributed by atoms with van der Waals surface area (Å²) in [4.78, 5) is 37.9. The molecule has 2 saturated carbocycles. The minimum absolute atomic E-state index is 0.338. The predicted molar refractivity (Wildman–Crippen MR) is 225 cm³/mol. The van der Waals surface area contributed by atoms with Crippen LogP contribution in [-0.2, 0) is 13.1 Å². The van der Waals surface area contributed by atoms with Gasteiger partial charge in [0.15, 0.2) is 11.4 Å². The molecule has 294 valence electrons. The van der Waals surface area contributed by atoms with E-state index in [0.717, 1.165) is 60.8 Å². The highest BCUT2D eigenvalue weighted by molar-refractivity contribution is 9.10. The van der Waals surface area contributed by atoms with E-state index < -0.39 is 0 Å². The average molecular weight is 867 g/mol. The summed E-state index contributed by atoms with van der Waals surface area (Å²) in [5.74, 6) is 5.18. The lowest BCUT2D eigenvalue weighted by Gasteiger charge is -2.12. The van der Waals surface area contributed by atoms with Crippen molar-refractivity contribution >= 4 is 50.2 Å². The van der Waals surface area contributed by atoms with Crippen LogP contribution < -0.4 is 20.1 Å². The zero-order valence-corrected chi connectivity index (χ0v) is 35.9. The summed E-state index contributed by atoms with van der Waals surface area (Å²) in [5, 5.41) is 18.4. The minimum Gasteiger partial charge on any atom is -0.476 e. The molecule has 0 aliphatic heterocycles. The van der Waals surface area contributed by atoms with Crippen LogP contribution in [0.3, 0.4) is 0 Å². The van der Waals surface area contributed by atoms with E-state index in [1.807, 2.05) is 77.3 Å². The predicted octanol–water partition coefficient (Wildman–Crippen LogP) is 8.73. The van der Waals surface area contributed by atoms with Gasteiger partial charge in [0.1, 0.15) is 28.0 Å². The van der Waals surface area contributed by atoms with Gasteiger partial charge in [0.2, 0.25) is 11.8 Å². The molecule has 16 heteroatoms. The van der Waals surface area contributed by atoms with E-state index >= 15 is 0 Å². The van der Waals surface area contributed by atoms with Gasteiger partial charge in [0.25, 0.3) is 0 Å². The fourth-order valence-electron chi connectivity index (χ4n) is 6.58. The third kappa shape index (κ3) is 10.3. The number of halogens is 1. The van der Waals surface area contributed by atoms with E-state index in [1.165, 1.54) is 4.88 Å². The van der Waals surface area contributed by atoms with Gasteiger partial charge >= 0.3 is 0 Å². The molecule has 0 aromatic carbocycles. The number of hydrogen-bond acceptors (Lipinski definition) is 15. The largest absolute Gasteiger partial charge is 0.476 e. The van der Waals surface area contributed by atoms with E-state index in [0.29, 0.717) is 84.8 Å². The molecule has 0 unspecified atom stereocenters. The number of nitriles is 1. The van der Waals surface area contributed by atoms with Gasteiger partial charge in [-0.3, -0.25) is 9.97 Å². The highest BCUT2D eigenvalue weighted by Crippen LogP contribution is 2.48. The molecule has 0 amide bonds. The molecule has 6 aromatic rings. The van der Waals surface area contributed by atoms with E-state index in [1.54, 1.807) is 29.6 Å². The number of thiazole rings is 2. The van der Waals surface area contributed by atoms with Crippen LogP contribution in [0.4, 0.5) is 11.6 Å². The lowest BCUT2D eigenvalue weighted by molar-refractivity contribution is 0.282. The smallest absolute Gasteiger partial charge is 0.237 e. The molecule has 6 aromatic heterocycles. The standard InChI is InChI=1S/C21H22N6OS.C20H22BrN5OS/c1-12-19(29-14(3)25-12)10-24-20-17(9-22)21(27-13(2)26-20)28-11-15-8-16(15)18-6-4-5-7-23-18;1-11-17(28-13(3)24-11)9-23-19-18(21)20(26-12(2)25-19)27-10-14-8-15(14)16-6-4-5-7-22-16/h4-7,15-16H,8,10-11H2,1-3H3,(H,24,26,27);4-7,14-15H,8-10H2,1-3H3,(H,23,25,26)/t15-,16+;14-,15+/m11/s1. The Morgan fingerprint density at radius 1 is 0.684 bits per heavy atom. The molecule has 13 nitrogen and oxygen atoms in total. The van der Waals surface area contributed by atoms with Crippen LogP contribution in [0.5, 0.6) is 11.8 Å². The summed E-state index contributed by atoms with van der Waals surface area (Å²) in [7, 11) is 0. The van der Waals surface area contributed by atoms with Crippen LogP contribution >= 0.6 is 38.6 Å². The molecule has 4 atom stereocenters. The van der Waals surface area contributed by atoms with Crippen LogP contribution in [0.1, 0.15) is 84.4 Å². The molecule has 57 heavy (non-hydrogen) atoms. The normalized spacial score (nSPS) is 17.9. The second-order valence-corrected chi connectivity index (χ2v) is 17.5. The van der Waals surface area contributed by atoms with Crippen molar-refractivity contribution in [1.82, 2.24) is 39.9 Å². The number of nitrogens with zero attached hydrogens (tertiary/aromatic N) is 9. The monoisotopic (exact) mass is 865 g/mol. The maximum atomic E-state index is 9.69. The van der Waals surface area contributed by atoms with Crippen LogP contribution in [0.25, 0.3) is 0 Å². The molecular weight excluding hydrogens is 823 g/mol. The van der Waals surface area contributed by atoms with Crippen molar-refractivity contribution in [2.45, 2.75) is 79.3 Å². The molecule has 0 radical (unpaired) electrons. The molecule has 2 fully saturated rings. The summed E-state index contributed by atoms with van der Waals surface area (Å²) in [6.07, 6.45) is 5.81. The molecule has 2 N–H and O–H groups in total. The van der Waals surface area contributed by atoms with E-state index in [4.69, 9.17) is 9.47 Å². The molecule has 0 saturated heterocycles. The van der Waals surface area contributed by atoms with E-state index in [-0.39, 0.29) is 0 Å². The van der Waals surface area contributed by atoms with Crippen molar-refractivity contribution < 1.29 is 9.47 Å². The molecule has 2 aliphatic carbocycles. The second-order valence-electron chi connectivity index (χ2n) is 14.2. The molecule has 6 heterocycles. The summed E-state index contributed by atoms with van der Waals surface area (Å²) in [5.41, 5.74) is 4.63. The Hall–Kier alpha value is -5.11. The van der Waals surface area contributed by atoms with Crippen molar-refractivity contribution in [3.63, 3.8) is 0 Å². The van der Waals surface area contributed by atoms with Gasteiger partial charge < -0.3 is 20.1 Å². The first-order valence-corrected chi connectivity index (χ1v) is 21.2. The number of aromatic nitrogens is 8. The second kappa shape index (κ2) is 18.0. The summed E-state index contributed by atoms with van der Waals surface area (Å²) in [6.45, 7) is 14.1. The Kier molecular flexibility index (Phi) is 12.7. The fourth-order valence-corrected chi connectivity index (χ4v) is 8.77. The minimum atomic E-state index is 0.338. The van der Waals surface area contributed by atoms with E-state index in [9.17, 15) is 5.26 Å². The van der Waals surface area contributed by atoms with Crippen molar-refractivity contribution in [2.24, 2.45) is 11.8 Å². The highest BCUT2D eigenvalue weighted by Gasteiger charge is 2.41. The van der Waals surface area contributed by atoms with Crippen LogP contribution in [0.2, 0.25) is 0 Å². The molecule has 2 aliphatic rings. The zero-order valence-electron chi connectivity index (χ0n) is 32.7. The number of hydrogen-bond donors (Lipinski definition) is 2. The quantitative estimate of drug-likeness (QED) is 0.107. The third-order valence-corrected chi connectivity index (χ3v) is 12.6. The first-order chi connectivity index (χ1) is 27.6. The maximum Gasteiger partial charge on any atom is 0.237 e. The van der Waals surface area contributed by atoms with Crippen LogP contribution in [0, 0.1) is 64.7 Å². The summed E-state index contributed by atoms with van der Waals surface area (Å²) >= 11 is 6.94. The van der Waals surface area contributed by atoms with Gasteiger partial charge in [0.05, 0.1) is 47.7 Å². The Bertz CT molecular complexity index is 2370. The summed E-state index contributed by atoms with van der Waals surface area (Å²) in [6, 6.07) is 14.2. The third-order valence-electron chi connectivity index (χ3n) is 9.71. The highest BCUT2D eigenvalue weighted by atomic mass is 79.9. The SMILES string of the molecule is Cc1nc(NCc2sc(C)nc2C)c(Br)c(OC[C@H]2C[C@@H]2c2ccccn2)n1.Cc1nc(NCc2sc(C)nc2C)c(C#N)c(OC[C@H]2C[C@@H]2c2ccccn2)n1. The number of anilines is 2. The number of ether oxygens (including phenoxy) is 2. The van der Waals surface area contributed by atoms with Gasteiger partial charge in [0, 0.05) is 57.2 Å². The van der Waals surface area contributed by atoms with Gasteiger partial charge in [-0.1, -0.05) is 12.1 Å². The Morgan fingerprint density at radius 3 is 1.65 bits per heavy atom. The van der Waals surface area contributed by atoms with Crippen molar-refractivity contribution in [2.75, 3.05) is 23.8 Å². The van der Waals surface area contributed by atoms with Gasteiger partial charge in [-0.2, -0.15) is 15.2 Å². The molecule has 0 bridgehead atoms. The van der Waals surface area contributed by atoms with E-state index in [2.05, 4.69) is 78.6 Å². The number of aryl methyl sites for hydroxylation is 6. The molecule has 8 rings (SSSR count). The van der Waals surface area contributed by atoms with Crippen LogP contribution in [-0.4, -0.2) is 53.1 Å². The van der Waals surface area contributed by atoms with Crippen LogP contribution in [0.15, 0.2) is 53.3 Å². The van der Waals surface area contributed by atoms with Gasteiger partial charge in [-0.15, -0.1) is 22.7 Å². The number of nitrogens with one attached hydrogen (secondary N) is 2. The summed E-state index contributed by atoms with van der Waals surface area (Å²) < 4.78 is 12.7. The lowest BCUT2D eigenvalue weighted by atomic mass is 10.2. The first kappa shape index (κ1) is 40.1. The Morgan fingerprint density at radius 2 is 1.18 bits per heavy atom. The Labute approximate surface area is 349 Å². The van der Waals surface area contributed by atoms with Crippen molar-refractivity contribution in [3.8, 4) is 17.8 Å². The van der Waals surface area contributed by atoms with Crippen molar-refractivity contribution in [3.05, 3.63) is 113 Å². The topological polar surface area (TPSA) is 169 Å². The van der Waals surface area contributed by atoms with Gasteiger partial charge in [-0.05, 0) is 94.6 Å². The molecular formula is C41H44BrN11O2S2. The maximum absolute atomic E-state index is 9.69. The number of pyridine rings is 2. The average Bonchev–Trinajstić information content (AvgIpc) is 4.11. The molecule has 0 spiro atoms. The Balaban J connectivity index is 0.000000174. The van der Waals surface area contributed by atoms with Gasteiger partial charge in [-0.25, -0.2) is 19.9 Å². The fraction of sp³-hybridized carbons (Fsp3) is 0.390. The zero-order chi connectivity index (χ0) is 40.1. The first-order valence-electron chi connectivity index (χ1n) is 18.8.